The average molecular weight is 198 g/mol. The molecule has 0 radical (unpaired) electrons. The first-order valence-corrected chi connectivity index (χ1v) is 5.29. The number of primary amides is 1. The fourth-order valence-corrected chi connectivity index (χ4v) is 1.42. The van der Waals surface area contributed by atoms with Crippen molar-refractivity contribution in [3.63, 3.8) is 0 Å². The molecule has 4 N–H and O–H groups in total. The second-order valence-corrected chi connectivity index (χ2v) is 3.63. The van der Waals surface area contributed by atoms with Crippen LogP contribution in [0.2, 0.25) is 0 Å². The Labute approximate surface area is 86.5 Å². The lowest BCUT2D eigenvalue weighted by Crippen LogP contribution is -2.26. The van der Waals surface area contributed by atoms with E-state index in [0.29, 0.717) is 5.57 Å². The molecule has 0 saturated carbocycles. The molecule has 0 heterocycles. The minimum atomic E-state index is -0.347. The van der Waals surface area contributed by atoms with Crippen molar-refractivity contribution in [2.75, 3.05) is 0 Å². The van der Waals surface area contributed by atoms with Crippen LogP contribution in [0.5, 0.6) is 0 Å². The molecule has 1 amide bonds. The van der Waals surface area contributed by atoms with Gasteiger partial charge in [-0.05, 0) is 31.8 Å². The van der Waals surface area contributed by atoms with Gasteiger partial charge in [0, 0.05) is 11.6 Å². The number of rotatable bonds is 6. The summed E-state index contributed by atoms with van der Waals surface area (Å²) in [4.78, 5) is 11.0. The molecule has 1 atom stereocenters. The summed E-state index contributed by atoms with van der Waals surface area (Å²) in [6, 6.07) is -0.0194. The maximum Gasteiger partial charge on any atom is 0.244 e. The number of carbonyl (C=O) groups excluding carboxylic acids is 1. The van der Waals surface area contributed by atoms with Gasteiger partial charge in [-0.15, -0.1) is 0 Å². The molecule has 82 valence electrons. The Morgan fingerprint density at radius 2 is 1.93 bits per heavy atom. The molecule has 0 spiro atoms. The highest BCUT2D eigenvalue weighted by Gasteiger charge is 2.13. The zero-order valence-electron chi connectivity index (χ0n) is 9.47. The van der Waals surface area contributed by atoms with Gasteiger partial charge in [0.2, 0.25) is 5.91 Å². The molecule has 0 aliphatic heterocycles. The summed E-state index contributed by atoms with van der Waals surface area (Å²) in [6.07, 6.45) is 3.91. The summed E-state index contributed by atoms with van der Waals surface area (Å²) >= 11 is 0. The maximum atomic E-state index is 11.0. The molecule has 0 aromatic rings. The third-order valence-corrected chi connectivity index (χ3v) is 2.54. The summed E-state index contributed by atoms with van der Waals surface area (Å²) in [7, 11) is 0. The molecule has 0 aromatic heterocycles. The second kappa shape index (κ2) is 6.60. The van der Waals surface area contributed by atoms with E-state index in [2.05, 4.69) is 6.92 Å². The Hall–Kier alpha value is -0.830. The van der Waals surface area contributed by atoms with Gasteiger partial charge in [-0.25, -0.2) is 0 Å². The average Bonchev–Trinajstić information content (AvgIpc) is 2.17. The van der Waals surface area contributed by atoms with Crippen LogP contribution in [-0.4, -0.2) is 11.9 Å². The van der Waals surface area contributed by atoms with Crippen molar-refractivity contribution in [1.82, 2.24) is 0 Å². The van der Waals surface area contributed by atoms with Crippen molar-refractivity contribution >= 4 is 5.91 Å². The Kier molecular flexibility index (Phi) is 6.21. The fraction of sp³-hybridized carbons (Fsp3) is 0.727. The van der Waals surface area contributed by atoms with Crippen molar-refractivity contribution in [2.45, 2.75) is 52.5 Å². The molecule has 0 fully saturated rings. The van der Waals surface area contributed by atoms with E-state index in [0.717, 1.165) is 31.3 Å². The van der Waals surface area contributed by atoms with Crippen LogP contribution in [0.4, 0.5) is 0 Å². The molecule has 0 aromatic carbocycles. The standard InChI is InChI=1S/C11H22N2O/c1-4-6-7-9(10(12)5-2)8(3)11(13)14/h10H,4-7,12H2,1-3H3,(H2,13,14). The Balaban J connectivity index is 4.69. The van der Waals surface area contributed by atoms with Crippen LogP contribution in [0.25, 0.3) is 0 Å². The van der Waals surface area contributed by atoms with Crippen LogP contribution in [-0.2, 0) is 4.79 Å². The lowest BCUT2D eigenvalue weighted by atomic mass is 9.95. The minimum absolute atomic E-state index is 0.0194. The molecular weight excluding hydrogens is 176 g/mol. The zero-order chi connectivity index (χ0) is 11.1. The molecule has 0 aliphatic carbocycles. The lowest BCUT2D eigenvalue weighted by Gasteiger charge is -2.16. The Morgan fingerprint density at radius 3 is 2.29 bits per heavy atom. The van der Waals surface area contributed by atoms with Gasteiger partial charge in [-0.2, -0.15) is 0 Å². The van der Waals surface area contributed by atoms with Gasteiger partial charge in [0.1, 0.15) is 0 Å². The van der Waals surface area contributed by atoms with Crippen molar-refractivity contribution in [3.8, 4) is 0 Å². The van der Waals surface area contributed by atoms with E-state index in [1.54, 1.807) is 6.92 Å². The van der Waals surface area contributed by atoms with Gasteiger partial charge in [-0.3, -0.25) is 4.79 Å². The van der Waals surface area contributed by atoms with E-state index in [1.807, 2.05) is 6.92 Å². The van der Waals surface area contributed by atoms with Gasteiger partial charge in [0.15, 0.2) is 0 Å². The number of hydrogen-bond donors (Lipinski definition) is 2. The third-order valence-electron chi connectivity index (χ3n) is 2.54. The molecule has 0 saturated heterocycles. The van der Waals surface area contributed by atoms with Gasteiger partial charge in [0.25, 0.3) is 0 Å². The van der Waals surface area contributed by atoms with Gasteiger partial charge >= 0.3 is 0 Å². The van der Waals surface area contributed by atoms with Crippen LogP contribution < -0.4 is 11.5 Å². The van der Waals surface area contributed by atoms with Crippen LogP contribution in [0.3, 0.4) is 0 Å². The second-order valence-electron chi connectivity index (χ2n) is 3.63. The van der Waals surface area contributed by atoms with Crippen molar-refractivity contribution < 1.29 is 4.79 Å². The van der Waals surface area contributed by atoms with Crippen LogP contribution >= 0.6 is 0 Å². The van der Waals surface area contributed by atoms with Gasteiger partial charge in [0.05, 0.1) is 0 Å². The Morgan fingerprint density at radius 1 is 1.36 bits per heavy atom. The quantitative estimate of drug-likeness (QED) is 0.638. The molecule has 0 aliphatic rings. The normalized spacial score (nSPS) is 14.9. The Bertz CT molecular complexity index is 221. The monoisotopic (exact) mass is 198 g/mol. The molecule has 1 unspecified atom stereocenters. The van der Waals surface area contributed by atoms with Crippen LogP contribution in [0, 0.1) is 0 Å². The third kappa shape index (κ3) is 3.92. The summed E-state index contributed by atoms with van der Waals surface area (Å²) in [6.45, 7) is 5.91. The predicted octanol–water partition coefficient (Wildman–Crippen LogP) is 1.72. The number of hydrogen-bond acceptors (Lipinski definition) is 2. The largest absolute Gasteiger partial charge is 0.366 e. The molecule has 0 rings (SSSR count). The summed E-state index contributed by atoms with van der Waals surface area (Å²) < 4.78 is 0. The highest BCUT2D eigenvalue weighted by molar-refractivity contribution is 5.92. The SMILES string of the molecule is CCCCC(=C(C)C(N)=O)C(N)CC. The van der Waals surface area contributed by atoms with Gasteiger partial charge in [-0.1, -0.05) is 20.3 Å². The number of unbranched alkanes of at least 4 members (excludes halogenated alkanes) is 1. The van der Waals surface area contributed by atoms with Crippen LogP contribution in [0.15, 0.2) is 11.1 Å². The van der Waals surface area contributed by atoms with E-state index in [1.165, 1.54) is 0 Å². The van der Waals surface area contributed by atoms with Crippen molar-refractivity contribution in [1.29, 1.82) is 0 Å². The first-order valence-electron chi connectivity index (χ1n) is 5.29. The molecule has 14 heavy (non-hydrogen) atoms. The van der Waals surface area contributed by atoms with Crippen molar-refractivity contribution in [2.24, 2.45) is 11.5 Å². The maximum absolute atomic E-state index is 11.0. The first kappa shape index (κ1) is 13.2. The smallest absolute Gasteiger partial charge is 0.244 e. The number of nitrogens with two attached hydrogens (primary N) is 2. The fourth-order valence-electron chi connectivity index (χ4n) is 1.42. The van der Waals surface area contributed by atoms with Gasteiger partial charge < -0.3 is 11.5 Å². The van der Waals surface area contributed by atoms with E-state index in [-0.39, 0.29) is 11.9 Å². The minimum Gasteiger partial charge on any atom is -0.366 e. The highest BCUT2D eigenvalue weighted by Crippen LogP contribution is 2.17. The number of carbonyl (C=O) groups is 1. The summed E-state index contributed by atoms with van der Waals surface area (Å²) in [5.74, 6) is -0.347. The van der Waals surface area contributed by atoms with E-state index >= 15 is 0 Å². The summed E-state index contributed by atoms with van der Waals surface area (Å²) in [5.41, 5.74) is 12.9. The number of amides is 1. The zero-order valence-corrected chi connectivity index (χ0v) is 9.47. The lowest BCUT2D eigenvalue weighted by molar-refractivity contribution is -0.114. The van der Waals surface area contributed by atoms with E-state index in [4.69, 9.17) is 11.5 Å². The molecular formula is C11H22N2O. The van der Waals surface area contributed by atoms with E-state index < -0.39 is 0 Å². The predicted molar refractivity (Wildman–Crippen MR) is 59.7 cm³/mol. The first-order chi connectivity index (χ1) is 6.54. The molecule has 3 nitrogen and oxygen atoms in total. The molecule has 0 bridgehead atoms. The van der Waals surface area contributed by atoms with Crippen LogP contribution in [0.1, 0.15) is 46.5 Å². The van der Waals surface area contributed by atoms with Crippen molar-refractivity contribution in [3.05, 3.63) is 11.1 Å². The topological polar surface area (TPSA) is 69.1 Å². The molecule has 3 heteroatoms. The van der Waals surface area contributed by atoms with E-state index in [9.17, 15) is 4.79 Å². The summed E-state index contributed by atoms with van der Waals surface area (Å²) in [5, 5.41) is 0. The highest BCUT2D eigenvalue weighted by atomic mass is 16.1.